The highest BCUT2D eigenvalue weighted by Gasteiger charge is 2.17. The van der Waals surface area contributed by atoms with Crippen molar-refractivity contribution < 1.29 is 23.9 Å². The van der Waals surface area contributed by atoms with Crippen molar-refractivity contribution in [3.63, 3.8) is 0 Å². The van der Waals surface area contributed by atoms with E-state index in [1.54, 1.807) is 17.0 Å². The zero-order valence-corrected chi connectivity index (χ0v) is 18.5. The van der Waals surface area contributed by atoms with Gasteiger partial charge in [0.25, 0.3) is 0 Å². The third-order valence-corrected chi connectivity index (χ3v) is 4.66. The molecule has 0 unspecified atom stereocenters. The molecule has 0 spiro atoms. The fourth-order valence-electron chi connectivity index (χ4n) is 3.03. The largest absolute Gasteiger partial charge is 0.412 e. The minimum atomic E-state index is -0.517. The van der Waals surface area contributed by atoms with Crippen LogP contribution in [0.3, 0.4) is 0 Å². The van der Waals surface area contributed by atoms with Crippen molar-refractivity contribution >= 4 is 23.7 Å². The number of hydrogen-bond donors (Lipinski definition) is 1. The van der Waals surface area contributed by atoms with Crippen LogP contribution >= 0.6 is 0 Å². The van der Waals surface area contributed by atoms with Crippen molar-refractivity contribution in [3.8, 4) is 5.75 Å². The van der Waals surface area contributed by atoms with Gasteiger partial charge in [-0.2, -0.15) is 0 Å². The van der Waals surface area contributed by atoms with Crippen LogP contribution in [-0.4, -0.2) is 63.4 Å². The number of amides is 2. The van der Waals surface area contributed by atoms with Gasteiger partial charge in [-0.25, -0.2) is 14.6 Å². The minimum Gasteiger partial charge on any atom is -0.410 e. The van der Waals surface area contributed by atoms with Gasteiger partial charge in [0.05, 0.1) is 13.2 Å². The standard InChI is InChI=1S/C22H24N2O4.C2H3NO/c1-16-14-18(8-9-20(16)28-22(26)23-2)19(17-6-4-3-5-7-17)15-21(25)24-10-12-27-13-11-24;1-3-2-4/h3-9,14-15H,10-13H2,1-2H3,(H,23,26);1H3. The number of nitrogens with zero attached hydrogens (tertiary/aromatic N) is 2. The first-order chi connectivity index (χ1) is 15.5. The van der Waals surface area contributed by atoms with E-state index < -0.39 is 6.09 Å². The molecule has 0 aromatic heterocycles. The smallest absolute Gasteiger partial charge is 0.410 e. The Bertz CT molecular complexity index is 992. The first kappa shape index (κ1) is 24.5. The molecule has 32 heavy (non-hydrogen) atoms. The average molecular weight is 437 g/mol. The summed E-state index contributed by atoms with van der Waals surface area (Å²) in [5.41, 5.74) is 3.46. The summed E-state index contributed by atoms with van der Waals surface area (Å²) in [6.45, 7) is 4.18. The van der Waals surface area contributed by atoms with Crippen LogP contribution in [0.2, 0.25) is 0 Å². The molecule has 2 aromatic rings. The number of carbonyl (C=O) groups excluding carboxylic acids is 3. The van der Waals surface area contributed by atoms with Crippen LogP contribution in [0, 0.1) is 6.92 Å². The maximum atomic E-state index is 12.8. The Morgan fingerprint density at radius 1 is 1.12 bits per heavy atom. The lowest BCUT2D eigenvalue weighted by Crippen LogP contribution is -2.39. The average Bonchev–Trinajstić information content (AvgIpc) is 2.84. The molecule has 1 heterocycles. The van der Waals surface area contributed by atoms with Gasteiger partial charge in [-0.15, -0.1) is 0 Å². The zero-order valence-electron chi connectivity index (χ0n) is 18.5. The van der Waals surface area contributed by atoms with Crippen LogP contribution in [0.15, 0.2) is 59.6 Å². The van der Waals surface area contributed by atoms with Gasteiger partial charge < -0.3 is 19.7 Å². The number of carbonyl (C=O) groups is 2. The lowest BCUT2D eigenvalue weighted by Gasteiger charge is -2.26. The van der Waals surface area contributed by atoms with Crippen LogP contribution in [0.25, 0.3) is 5.57 Å². The summed E-state index contributed by atoms with van der Waals surface area (Å²) in [5.74, 6) is 0.445. The Kier molecular flexibility index (Phi) is 9.84. The number of morpholine rings is 1. The molecular formula is C24H27N3O5. The fraction of sp³-hybridized carbons (Fsp3) is 0.292. The second-order valence-electron chi connectivity index (χ2n) is 6.80. The van der Waals surface area contributed by atoms with E-state index in [4.69, 9.17) is 14.3 Å². The molecule has 3 rings (SSSR count). The number of isocyanates is 1. The Morgan fingerprint density at radius 3 is 2.34 bits per heavy atom. The molecule has 168 valence electrons. The third kappa shape index (κ3) is 7.19. The second kappa shape index (κ2) is 12.8. The molecule has 1 aliphatic heterocycles. The van der Waals surface area contributed by atoms with Crippen LogP contribution in [-0.2, 0) is 14.3 Å². The Morgan fingerprint density at radius 2 is 1.78 bits per heavy atom. The predicted molar refractivity (Wildman–Crippen MR) is 121 cm³/mol. The van der Waals surface area contributed by atoms with Crippen molar-refractivity contribution in [1.82, 2.24) is 10.2 Å². The normalized spacial score (nSPS) is 13.2. The maximum Gasteiger partial charge on any atom is 0.412 e. The molecule has 8 nitrogen and oxygen atoms in total. The topological polar surface area (TPSA) is 97.3 Å². The molecular weight excluding hydrogens is 410 g/mol. The van der Waals surface area contributed by atoms with E-state index in [1.165, 1.54) is 20.2 Å². The zero-order chi connectivity index (χ0) is 23.3. The number of aliphatic imine (C=N–C) groups is 1. The van der Waals surface area contributed by atoms with E-state index >= 15 is 0 Å². The Balaban J connectivity index is 0.000000837. The molecule has 1 aliphatic rings. The second-order valence-corrected chi connectivity index (χ2v) is 6.80. The number of aryl methyl sites for hydroxylation is 1. The fourth-order valence-corrected chi connectivity index (χ4v) is 3.03. The summed E-state index contributed by atoms with van der Waals surface area (Å²) in [6.07, 6.45) is 2.46. The van der Waals surface area contributed by atoms with Crippen LogP contribution in [0.4, 0.5) is 4.79 Å². The Hall–Kier alpha value is -3.74. The molecule has 1 fully saturated rings. The molecule has 0 saturated carbocycles. The van der Waals surface area contributed by atoms with Gasteiger partial charge in [0, 0.05) is 33.3 Å². The van der Waals surface area contributed by atoms with Crippen molar-refractivity contribution in [2.75, 3.05) is 40.4 Å². The third-order valence-electron chi connectivity index (χ3n) is 4.66. The van der Waals surface area contributed by atoms with Gasteiger partial charge >= 0.3 is 6.09 Å². The lowest BCUT2D eigenvalue weighted by atomic mass is 9.95. The molecule has 0 radical (unpaired) electrons. The van der Waals surface area contributed by atoms with Crippen molar-refractivity contribution in [2.45, 2.75) is 6.92 Å². The van der Waals surface area contributed by atoms with Crippen LogP contribution in [0.1, 0.15) is 16.7 Å². The lowest BCUT2D eigenvalue weighted by molar-refractivity contribution is -0.129. The van der Waals surface area contributed by atoms with Crippen LogP contribution < -0.4 is 10.1 Å². The summed E-state index contributed by atoms with van der Waals surface area (Å²) in [7, 11) is 2.90. The number of benzene rings is 2. The molecule has 0 atom stereocenters. The monoisotopic (exact) mass is 437 g/mol. The van der Waals surface area contributed by atoms with Gasteiger partial charge in [-0.1, -0.05) is 36.4 Å². The summed E-state index contributed by atoms with van der Waals surface area (Å²) >= 11 is 0. The van der Waals surface area contributed by atoms with Crippen molar-refractivity contribution in [1.29, 1.82) is 0 Å². The van der Waals surface area contributed by atoms with E-state index in [0.29, 0.717) is 32.1 Å². The highest BCUT2D eigenvalue weighted by molar-refractivity contribution is 5.99. The van der Waals surface area contributed by atoms with Crippen LogP contribution in [0.5, 0.6) is 5.75 Å². The summed E-state index contributed by atoms with van der Waals surface area (Å²) < 4.78 is 10.6. The SMILES string of the molecule is CN=C=O.CNC(=O)Oc1ccc(C(=CC(=O)N2CCOCC2)c2ccccc2)cc1C. The first-order valence-electron chi connectivity index (χ1n) is 10.1. The molecule has 8 heteroatoms. The number of nitrogens with one attached hydrogen (secondary N) is 1. The van der Waals surface area contributed by atoms with Gasteiger partial charge in [-0.05, 0) is 41.3 Å². The predicted octanol–water partition coefficient (Wildman–Crippen LogP) is 2.96. The van der Waals surface area contributed by atoms with E-state index in [2.05, 4.69) is 10.3 Å². The summed E-state index contributed by atoms with van der Waals surface area (Å²) in [5, 5.41) is 2.43. The molecule has 0 bridgehead atoms. The number of ether oxygens (including phenoxy) is 2. The van der Waals surface area contributed by atoms with Crippen molar-refractivity contribution in [3.05, 3.63) is 71.3 Å². The van der Waals surface area contributed by atoms with E-state index in [1.807, 2.05) is 49.4 Å². The van der Waals surface area contributed by atoms with Crippen molar-refractivity contribution in [2.24, 2.45) is 4.99 Å². The highest BCUT2D eigenvalue weighted by Crippen LogP contribution is 2.28. The molecule has 2 amide bonds. The number of rotatable bonds is 4. The van der Waals surface area contributed by atoms with Gasteiger partial charge in [0.15, 0.2) is 0 Å². The molecule has 1 N–H and O–H groups in total. The van der Waals surface area contributed by atoms with Gasteiger partial charge in [-0.3, -0.25) is 4.79 Å². The molecule has 2 aromatic carbocycles. The minimum absolute atomic E-state index is 0.0366. The maximum absolute atomic E-state index is 12.8. The summed E-state index contributed by atoms with van der Waals surface area (Å²) in [4.78, 5) is 37.9. The molecule has 0 aliphatic carbocycles. The quantitative estimate of drug-likeness (QED) is 0.451. The van der Waals surface area contributed by atoms with E-state index in [0.717, 1.165) is 22.3 Å². The highest BCUT2D eigenvalue weighted by atomic mass is 16.6. The number of hydrogen-bond acceptors (Lipinski definition) is 6. The molecule has 1 saturated heterocycles. The summed E-state index contributed by atoms with van der Waals surface area (Å²) in [6, 6.07) is 15.3. The van der Waals surface area contributed by atoms with Gasteiger partial charge in [0.2, 0.25) is 12.0 Å². The Labute approximate surface area is 187 Å². The van der Waals surface area contributed by atoms with Gasteiger partial charge in [0.1, 0.15) is 5.75 Å². The first-order valence-corrected chi connectivity index (χ1v) is 10.1. The van der Waals surface area contributed by atoms with E-state index in [-0.39, 0.29) is 5.91 Å². The van der Waals surface area contributed by atoms with E-state index in [9.17, 15) is 9.59 Å².